The number of rotatable bonds is 5. The van der Waals surface area contributed by atoms with E-state index in [1.807, 2.05) is 31.4 Å². The van der Waals surface area contributed by atoms with Gasteiger partial charge in [-0.25, -0.2) is 0 Å². The smallest absolute Gasteiger partial charge is 0.239 e. The monoisotopic (exact) mass is 363 g/mol. The summed E-state index contributed by atoms with van der Waals surface area (Å²) in [5.41, 5.74) is 9.55. The maximum Gasteiger partial charge on any atom is 0.239 e. The number of aromatic nitrogens is 1. The Balaban J connectivity index is 0.00000208. The molecule has 0 spiro atoms. The standard InChI is InChI=1S/C18H21N3OS.ClH/c1-12-7-8-23-17(12)11-21(2)18(22)15(19)9-13-10-20-16-6-4-3-5-14(13)16;/h3-8,10,15,20H,9,11,19H2,1-2H3;1H/t15-;/m0./s1. The maximum absolute atomic E-state index is 12.5. The van der Waals surface area contributed by atoms with Crippen molar-refractivity contribution in [3.63, 3.8) is 0 Å². The number of nitrogens with one attached hydrogen (secondary N) is 1. The van der Waals surface area contributed by atoms with Crippen LogP contribution in [0.1, 0.15) is 16.0 Å². The van der Waals surface area contributed by atoms with Crippen molar-refractivity contribution in [2.24, 2.45) is 5.73 Å². The molecule has 6 heteroatoms. The summed E-state index contributed by atoms with van der Waals surface area (Å²) in [6.45, 7) is 2.68. The van der Waals surface area contributed by atoms with Crippen LogP contribution in [0.5, 0.6) is 0 Å². The van der Waals surface area contributed by atoms with Gasteiger partial charge in [0.15, 0.2) is 0 Å². The Hall–Kier alpha value is -1.82. The van der Waals surface area contributed by atoms with Crippen molar-refractivity contribution >= 4 is 40.6 Å². The van der Waals surface area contributed by atoms with E-state index in [9.17, 15) is 4.79 Å². The van der Waals surface area contributed by atoms with E-state index in [1.54, 1.807) is 16.2 Å². The third-order valence-corrected chi connectivity index (χ3v) is 5.16. The normalized spacial score (nSPS) is 12.0. The van der Waals surface area contributed by atoms with Crippen LogP contribution in [0.15, 0.2) is 41.9 Å². The Morgan fingerprint density at radius 2 is 2.08 bits per heavy atom. The largest absolute Gasteiger partial charge is 0.361 e. The Kier molecular flexibility index (Phi) is 6.04. The molecule has 2 heterocycles. The molecule has 0 saturated carbocycles. The number of fused-ring (bicyclic) bond motifs is 1. The van der Waals surface area contributed by atoms with Crippen molar-refractivity contribution in [1.29, 1.82) is 0 Å². The number of H-pyrrole nitrogens is 1. The molecule has 4 nitrogen and oxygen atoms in total. The van der Waals surface area contributed by atoms with Gasteiger partial charge < -0.3 is 15.6 Å². The van der Waals surface area contributed by atoms with Gasteiger partial charge in [0.1, 0.15) is 0 Å². The summed E-state index contributed by atoms with van der Waals surface area (Å²) >= 11 is 1.67. The number of carbonyl (C=O) groups excluding carboxylic acids is 1. The van der Waals surface area contributed by atoms with Crippen molar-refractivity contribution in [2.75, 3.05) is 7.05 Å². The molecule has 128 valence electrons. The third-order valence-electron chi connectivity index (χ3n) is 4.16. The average molecular weight is 364 g/mol. The molecule has 3 aromatic rings. The molecule has 0 fully saturated rings. The third kappa shape index (κ3) is 3.80. The van der Waals surface area contributed by atoms with Crippen LogP contribution in [-0.2, 0) is 17.8 Å². The number of nitrogens with zero attached hydrogens (tertiary/aromatic N) is 1. The van der Waals surface area contributed by atoms with Gasteiger partial charge in [-0.15, -0.1) is 23.7 Å². The predicted molar refractivity (Wildman–Crippen MR) is 103 cm³/mol. The number of aryl methyl sites for hydroxylation is 1. The second-order valence-electron chi connectivity index (χ2n) is 5.89. The van der Waals surface area contributed by atoms with Crippen LogP contribution >= 0.6 is 23.7 Å². The second-order valence-corrected chi connectivity index (χ2v) is 6.89. The molecule has 3 N–H and O–H groups in total. The van der Waals surface area contributed by atoms with E-state index < -0.39 is 6.04 Å². The first kappa shape index (κ1) is 18.5. The summed E-state index contributed by atoms with van der Waals surface area (Å²) in [5, 5.41) is 3.18. The van der Waals surface area contributed by atoms with Gasteiger partial charge in [0.2, 0.25) is 5.91 Å². The van der Waals surface area contributed by atoms with Crippen molar-refractivity contribution in [3.05, 3.63) is 57.9 Å². The molecule has 0 unspecified atom stereocenters. The minimum Gasteiger partial charge on any atom is -0.361 e. The van der Waals surface area contributed by atoms with Crippen LogP contribution in [0.25, 0.3) is 10.9 Å². The summed E-state index contributed by atoms with van der Waals surface area (Å²) in [6.07, 6.45) is 2.48. The highest BCUT2D eigenvalue weighted by molar-refractivity contribution is 7.10. The predicted octanol–water partition coefficient (Wildman–Crippen LogP) is 3.49. The topological polar surface area (TPSA) is 62.1 Å². The molecule has 1 aromatic carbocycles. The number of hydrogen-bond acceptors (Lipinski definition) is 3. The molecule has 24 heavy (non-hydrogen) atoms. The highest BCUT2D eigenvalue weighted by atomic mass is 35.5. The van der Waals surface area contributed by atoms with E-state index in [-0.39, 0.29) is 18.3 Å². The molecule has 0 radical (unpaired) electrons. The van der Waals surface area contributed by atoms with Gasteiger partial charge in [0.25, 0.3) is 0 Å². The number of amides is 1. The fourth-order valence-corrected chi connectivity index (χ4v) is 3.73. The lowest BCUT2D eigenvalue weighted by molar-refractivity contribution is -0.131. The lowest BCUT2D eigenvalue weighted by Crippen LogP contribution is -2.42. The molecular formula is C18H22ClN3OS. The first-order valence-corrected chi connectivity index (χ1v) is 8.52. The van der Waals surface area contributed by atoms with Gasteiger partial charge in [-0.1, -0.05) is 18.2 Å². The quantitative estimate of drug-likeness (QED) is 0.728. The Bertz CT molecular complexity index is 826. The van der Waals surface area contributed by atoms with Crippen molar-refractivity contribution in [1.82, 2.24) is 9.88 Å². The molecule has 0 aliphatic carbocycles. The molecular weight excluding hydrogens is 342 g/mol. The number of aromatic amines is 1. The van der Waals surface area contributed by atoms with Gasteiger partial charge in [-0.2, -0.15) is 0 Å². The Morgan fingerprint density at radius 1 is 1.33 bits per heavy atom. The average Bonchev–Trinajstić information content (AvgIpc) is 3.14. The number of thiophene rings is 1. The number of benzene rings is 1. The van der Waals surface area contributed by atoms with Gasteiger partial charge in [0, 0.05) is 29.0 Å². The molecule has 2 aromatic heterocycles. The van der Waals surface area contributed by atoms with Crippen LogP contribution in [0.4, 0.5) is 0 Å². The minimum atomic E-state index is -0.528. The molecule has 0 aliphatic rings. The van der Waals surface area contributed by atoms with Gasteiger partial charge >= 0.3 is 0 Å². The van der Waals surface area contributed by atoms with E-state index in [1.165, 1.54) is 10.4 Å². The van der Waals surface area contributed by atoms with E-state index >= 15 is 0 Å². The van der Waals surface area contributed by atoms with Gasteiger partial charge in [-0.05, 0) is 42.0 Å². The van der Waals surface area contributed by atoms with Crippen LogP contribution < -0.4 is 5.73 Å². The fraction of sp³-hybridized carbons (Fsp3) is 0.278. The zero-order chi connectivity index (χ0) is 16.4. The zero-order valence-electron chi connectivity index (χ0n) is 13.8. The van der Waals surface area contributed by atoms with E-state index in [0.29, 0.717) is 13.0 Å². The molecule has 1 amide bonds. The fourth-order valence-electron chi connectivity index (χ4n) is 2.77. The summed E-state index contributed by atoms with van der Waals surface area (Å²) < 4.78 is 0. The number of halogens is 1. The number of nitrogens with two attached hydrogens (primary N) is 1. The van der Waals surface area contributed by atoms with Crippen molar-refractivity contribution in [3.8, 4) is 0 Å². The lowest BCUT2D eigenvalue weighted by atomic mass is 10.0. The SMILES string of the molecule is Cc1ccsc1CN(C)C(=O)[C@@H](N)Cc1c[nH]c2ccccc12.Cl. The lowest BCUT2D eigenvalue weighted by Gasteiger charge is -2.21. The minimum absolute atomic E-state index is 0. The van der Waals surface area contributed by atoms with E-state index in [2.05, 4.69) is 29.4 Å². The Labute approximate surface area is 152 Å². The first-order valence-electron chi connectivity index (χ1n) is 7.65. The maximum atomic E-state index is 12.5. The summed E-state index contributed by atoms with van der Waals surface area (Å²) in [7, 11) is 1.82. The van der Waals surface area contributed by atoms with E-state index in [4.69, 9.17) is 5.73 Å². The zero-order valence-corrected chi connectivity index (χ0v) is 15.4. The highest BCUT2D eigenvalue weighted by Gasteiger charge is 2.20. The van der Waals surface area contributed by atoms with Crippen LogP contribution in [0, 0.1) is 6.92 Å². The summed E-state index contributed by atoms with van der Waals surface area (Å²) in [5.74, 6) is -0.0249. The Morgan fingerprint density at radius 3 is 2.79 bits per heavy atom. The number of likely N-dealkylation sites (N-methyl/N-ethyl adjacent to an activating group) is 1. The highest BCUT2D eigenvalue weighted by Crippen LogP contribution is 2.20. The van der Waals surface area contributed by atoms with Gasteiger partial charge in [0.05, 0.1) is 12.6 Å². The molecule has 0 saturated heterocycles. The number of hydrogen-bond donors (Lipinski definition) is 2. The van der Waals surface area contributed by atoms with Crippen molar-refractivity contribution in [2.45, 2.75) is 25.9 Å². The first-order chi connectivity index (χ1) is 11.1. The summed E-state index contributed by atoms with van der Waals surface area (Å²) in [4.78, 5) is 18.7. The van der Waals surface area contributed by atoms with Crippen LogP contribution in [0.3, 0.4) is 0 Å². The summed E-state index contributed by atoms with van der Waals surface area (Å²) in [6, 6.07) is 9.61. The van der Waals surface area contributed by atoms with Crippen LogP contribution in [0.2, 0.25) is 0 Å². The molecule has 3 rings (SSSR count). The van der Waals surface area contributed by atoms with Crippen LogP contribution in [-0.4, -0.2) is 28.9 Å². The van der Waals surface area contributed by atoms with Crippen molar-refractivity contribution < 1.29 is 4.79 Å². The molecule has 0 bridgehead atoms. The second kappa shape index (κ2) is 7.83. The van der Waals surface area contributed by atoms with E-state index in [0.717, 1.165) is 16.5 Å². The molecule has 0 aliphatic heterocycles. The molecule has 1 atom stereocenters. The number of carbonyl (C=O) groups is 1. The van der Waals surface area contributed by atoms with Gasteiger partial charge in [-0.3, -0.25) is 4.79 Å². The number of para-hydroxylation sites is 1.